The highest BCUT2D eigenvalue weighted by Crippen LogP contribution is 2.21. The summed E-state index contributed by atoms with van der Waals surface area (Å²) in [5, 5.41) is 0. The smallest absolute Gasteiger partial charge is 0.165 e. The lowest BCUT2D eigenvalue weighted by Crippen LogP contribution is -2.05. The Morgan fingerprint density at radius 1 is 1.11 bits per heavy atom. The summed E-state index contributed by atoms with van der Waals surface area (Å²) in [6.07, 6.45) is 0. The standard InChI is InChI=1S/C15H15F2NO/c1-10-5-6-13(16)14(7-10)19-9-12-4-2-3-11(8-18)15(12)17/h2-7H,8-9,18H2,1H3. The molecule has 0 saturated heterocycles. The molecule has 100 valence electrons. The van der Waals surface area contributed by atoms with E-state index in [4.69, 9.17) is 10.5 Å². The Hall–Kier alpha value is -1.94. The average molecular weight is 263 g/mol. The molecule has 0 aromatic heterocycles. The molecule has 0 aliphatic carbocycles. The average Bonchev–Trinajstić information content (AvgIpc) is 2.41. The number of hydrogen-bond donors (Lipinski definition) is 1. The monoisotopic (exact) mass is 263 g/mol. The van der Waals surface area contributed by atoms with Crippen molar-refractivity contribution in [3.63, 3.8) is 0 Å². The second-order valence-corrected chi connectivity index (χ2v) is 4.32. The zero-order chi connectivity index (χ0) is 13.8. The molecular weight excluding hydrogens is 248 g/mol. The van der Waals surface area contributed by atoms with Crippen LogP contribution < -0.4 is 10.5 Å². The second kappa shape index (κ2) is 5.80. The van der Waals surface area contributed by atoms with Crippen molar-refractivity contribution in [1.29, 1.82) is 0 Å². The fourth-order valence-corrected chi connectivity index (χ4v) is 1.78. The Morgan fingerprint density at radius 2 is 1.84 bits per heavy atom. The third-order valence-electron chi connectivity index (χ3n) is 2.85. The van der Waals surface area contributed by atoms with E-state index in [0.717, 1.165) is 5.56 Å². The van der Waals surface area contributed by atoms with E-state index < -0.39 is 11.6 Å². The highest BCUT2D eigenvalue weighted by molar-refractivity contribution is 5.30. The molecule has 2 N–H and O–H groups in total. The minimum absolute atomic E-state index is 0.0277. The topological polar surface area (TPSA) is 35.2 Å². The van der Waals surface area contributed by atoms with Gasteiger partial charge >= 0.3 is 0 Å². The first-order valence-electron chi connectivity index (χ1n) is 5.97. The van der Waals surface area contributed by atoms with Crippen molar-refractivity contribution in [2.75, 3.05) is 0 Å². The van der Waals surface area contributed by atoms with Gasteiger partial charge in [0, 0.05) is 17.7 Å². The summed E-state index contributed by atoms with van der Waals surface area (Å²) in [5.74, 6) is -0.725. The first-order chi connectivity index (χ1) is 9.11. The van der Waals surface area contributed by atoms with Gasteiger partial charge in [0.1, 0.15) is 12.4 Å². The first kappa shape index (κ1) is 13.5. The molecule has 2 aromatic carbocycles. The van der Waals surface area contributed by atoms with Gasteiger partial charge in [-0.25, -0.2) is 8.78 Å². The summed E-state index contributed by atoms with van der Waals surface area (Å²) >= 11 is 0. The van der Waals surface area contributed by atoms with Gasteiger partial charge in [-0.1, -0.05) is 24.3 Å². The van der Waals surface area contributed by atoms with Crippen LogP contribution in [0.4, 0.5) is 8.78 Å². The molecule has 0 spiro atoms. The highest BCUT2D eigenvalue weighted by Gasteiger charge is 2.09. The van der Waals surface area contributed by atoms with Crippen LogP contribution in [-0.4, -0.2) is 0 Å². The fraction of sp³-hybridized carbons (Fsp3) is 0.200. The summed E-state index contributed by atoms with van der Waals surface area (Å²) < 4.78 is 32.7. The molecule has 2 rings (SSSR count). The van der Waals surface area contributed by atoms with Crippen molar-refractivity contribution in [1.82, 2.24) is 0 Å². The molecule has 0 fully saturated rings. The van der Waals surface area contributed by atoms with Crippen LogP contribution >= 0.6 is 0 Å². The van der Waals surface area contributed by atoms with E-state index in [-0.39, 0.29) is 18.9 Å². The van der Waals surface area contributed by atoms with Crippen LogP contribution in [0, 0.1) is 18.6 Å². The van der Waals surface area contributed by atoms with Gasteiger partial charge in [0.2, 0.25) is 0 Å². The molecule has 0 aliphatic heterocycles. The van der Waals surface area contributed by atoms with E-state index >= 15 is 0 Å². The van der Waals surface area contributed by atoms with Gasteiger partial charge in [0.15, 0.2) is 11.6 Å². The van der Waals surface area contributed by atoms with Gasteiger partial charge in [-0.15, -0.1) is 0 Å². The largest absolute Gasteiger partial charge is 0.486 e. The van der Waals surface area contributed by atoms with Crippen LogP contribution in [-0.2, 0) is 13.2 Å². The molecule has 0 heterocycles. The van der Waals surface area contributed by atoms with Gasteiger partial charge in [0.25, 0.3) is 0 Å². The molecule has 2 aromatic rings. The SMILES string of the molecule is Cc1ccc(F)c(OCc2cccc(CN)c2F)c1. The molecular formula is C15H15F2NO. The van der Waals surface area contributed by atoms with Crippen molar-refractivity contribution in [3.8, 4) is 5.75 Å². The van der Waals surface area contributed by atoms with Crippen LogP contribution in [0.5, 0.6) is 5.75 Å². The Bertz CT molecular complexity index is 584. The summed E-state index contributed by atoms with van der Waals surface area (Å²) in [6, 6.07) is 9.49. The molecule has 0 bridgehead atoms. The molecule has 0 saturated carbocycles. The van der Waals surface area contributed by atoms with Crippen LogP contribution in [0.1, 0.15) is 16.7 Å². The number of hydrogen-bond acceptors (Lipinski definition) is 2. The number of nitrogens with two attached hydrogens (primary N) is 1. The third kappa shape index (κ3) is 3.09. The van der Waals surface area contributed by atoms with Gasteiger partial charge in [-0.3, -0.25) is 0 Å². The summed E-state index contributed by atoms with van der Waals surface area (Å²) in [4.78, 5) is 0. The van der Waals surface area contributed by atoms with Crippen LogP contribution in [0.15, 0.2) is 36.4 Å². The maximum Gasteiger partial charge on any atom is 0.165 e. The Labute approximate surface area is 110 Å². The lowest BCUT2D eigenvalue weighted by atomic mass is 10.1. The van der Waals surface area contributed by atoms with Gasteiger partial charge in [0.05, 0.1) is 0 Å². The van der Waals surface area contributed by atoms with Gasteiger partial charge in [-0.2, -0.15) is 0 Å². The Balaban J connectivity index is 2.17. The summed E-state index contributed by atoms with van der Waals surface area (Å²) in [6.45, 7) is 1.93. The Kier molecular flexibility index (Phi) is 4.12. The number of ether oxygens (including phenoxy) is 1. The van der Waals surface area contributed by atoms with Crippen molar-refractivity contribution >= 4 is 0 Å². The van der Waals surface area contributed by atoms with Crippen molar-refractivity contribution < 1.29 is 13.5 Å². The summed E-state index contributed by atoms with van der Waals surface area (Å²) in [7, 11) is 0. The van der Waals surface area contributed by atoms with E-state index in [1.165, 1.54) is 6.07 Å². The minimum Gasteiger partial charge on any atom is -0.486 e. The van der Waals surface area contributed by atoms with Crippen LogP contribution in [0.3, 0.4) is 0 Å². The molecule has 4 heteroatoms. The number of aryl methyl sites for hydroxylation is 1. The quantitative estimate of drug-likeness (QED) is 0.918. The van der Waals surface area contributed by atoms with Gasteiger partial charge in [-0.05, 0) is 24.6 Å². The number of benzene rings is 2. The maximum absolute atomic E-state index is 13.9. The third-order valence-corrected chi connectivity index (χ3v) is 2.85. The van der Waals surface area contributed by atoms with Crippen LogP contribution in [0.25, 0.3) is 0 Å². The lowest BCUT2D eigenvalue weighted by Gasteiger charge is -2.10. The zero-order valence-corrected chi connectivity index (χ0v) is 10.6. The second-order valence-electron chi connectivity index (χ2n) is 4.32. The van der Waals surface area contributed by atoms with Crippen LogP contribution in [0.2, 0.25) is 0 Å². The number of halogens is 2. The normalized spacial score (nSPS) is 10.5. The zero-order valence-electron chi connectivity index (χ0n) is 10.6. The molecule has 0 unspecified atom stereocenters. The molecule has 0 radical (unpaired) electrons. The van der Waals surface area contributed by atoms with E-state index in [0.29, 0.717) is 11.1 Å². The maximum atomic E-state index is 13.9. The molecule has 0 amide bonds. The fourth-order valence-electron chi connectivity index (χ4n) is 1.78. The lowest BCUT2D eigenvalue weighted by molar-refractivity contribution is 0.284. The predicted molar refractivity (Wildman–Crippen MR) is 69.8 cm³/mol. The molecule has 2 nitrogen and oxygen atoms in total. The Morgan fingerprint density at radius 3 is 2.58 bits per heavy atom. The first-order valence-corrected chi connectivity index (χ1v) is 5.97. The van der Waals surface area contributed by atoms with Gasteiger partial charge < -0.3 is 10.5 Å². The van der Waals surface area contributed by atoms with E-state index in [2.05, 4.69) is 0 Å². The number of rotatable bonds is 4. The van der Waals surface area contributed by atoms with E-state index in [1.54, 1.807) is 30.3 Å². The van der Waals surface area contributed by atoms with E-state index in [9.17, 15) is 8.78 Å². The minimum atomic E-state index is -0.457. The predicted octanol–water partition coefficient (Wildman–Crippen LogP) is 3.31. The molecule has 0 aliphatic rings. The summed E-state index contributed by atoms with van der Waals surface area (Å²) in [5.41, 5.74) is 7.10. The van der Waals surface area contributed by atoms with Crippen molar-refractivity contribution in [2.45, 2.75) is 20.1 Å². The highest BCUT2D eigenvalue weighted by atomic mass is 19.1. The molecule has 0 atom stereocenters. The van der Waals surface area contributed by atoms with Crippen molar-refractivity contribution in [3.05, 3.63) is 64.7 Å². The van der Waals surface area contributed by atoms with E-state index in [1.807, 2.05) is 6.92 Å². The molecule has 19 heavy (non-hydrogen) atoms. The van der Waals surface area contributed by atoms with Crippen molar-refractivity contribution in [2.24, 2.45) is 5.73 Å².